The first kappa shape index (κ1) is 11.1. The Hall–Kier alpha value is -1.35. The lowest BCUT2D eigenvalue weighted by atomic mass is 10.1. The van der Waals surface area contributed by atoms with E-state index in [1.807, 2.05) is 4.90 Å². The van der Waals surface area contributed by atoms with E-state index >= 15 is 0 Å². The van der Waals surface area contributed by atoms with Crippen molar-refractivity contribution in [1.29, 1.82) is 0 Å². The molecule has 3 nitrogen and oxygen atoms in total. The number of rotatable bonds is 1. The largest absolute Gasteiger partial charge is 0.311 e. The van der Waals surface area contributed by atoms with E-state index in [1.54, 1.807) is 0 Å². The summed E-state index contributed by atoms with van der Waals surface area (Å²) in [5, 5.41) is 3.14. The van der Waals surface area contributed by atoms with Crippen molar-refractivity contribution < 1.29 is 4.79 Å². The van der Waals surface area contributed by atoms with Gasteiger partial charge in [0.2, 0.25) is 5.91 Å². The lowest BCUT2D eigenvalue weighted by Gasteiger charge is -2.22. The standard InChI is InChI=1S/C13H18N2O/c1-10-4-5-11(2)12(8-10)15-7-3-6-14-9-13(15)16/h4-5,8,14H,3,6-7,9H2,1-2H3. The molecule has 0 aromatic heterocycles. The number of aryl methyl sites for hydroxylation is 2. The van der Waals surface area contributed by atoms with E-state index in [0.717, 1.165) is 25.2 Å². The zero-order valence-electron chi connectivity index (χ0n) is 9.92. The molecule has 0 saturated carbocycles. The van der Waals surface area contributed by atoms with Crippen molar-refractivity contribution in [3.63, 3.8) is 0 Å². The number of benzene rings is 1. The average molecular weight is 218 g/mol. The van der Waals surface area contributed by atoms with Gasteiger partial charge in [0.25, 0.3) is 0 Å². The highest BCUT2D eigenvalue weighted by atomic mass is 16.2. The van der Waals surface area contributed by atoms with E-state index < -0.39 is 0 Å². The molecule has 0 radical (unpaired) electrons. The van der Waals surface area contributed by atoms with E-state index in [0.29, 0.717) is 6.54 Å². The fraction of sp³-hybridized carbons (Fsp3) is 0.462. The van der Waals surface area contributed by atoms with E-state index in [-0.39, 0.29) is 5.91 Å². The second kappa shape index (κ2) is 4.66. The summed E-state index contributed by atoms with van der Waals surface area (Å²) >= 11 is 0. The monoisotopic (exact) mass is 218 g/mol. The third-order valence-corrected chi connectivity index (χ3v) is 2.97. The van der Waals surface area contributed by atoms with Crippen LogP contribution >= 0.6 is 0 Å². The Labute approximate surface area is 96.5 Å². The SMILES string of the molecule is Cc1ccc(C)c(N2CCCNCC2=O)c1. The van der Waals surface area contributed by atoms with Crippen molar-refractivity contribution in [2.45, 2.75) is 20.3 Å². The van der Waals surface area contributed by atoms with Gasteiger partial charge >= 0.3 is 0 Å². The molecule has 3 heteroatoms. The molecule has 1 N–H and O–H groups in total. The maximum absolute atomic E-state index is 11.9. The van der Waals surface area contributed by atoms with Crippen LogP contribution in [-0.2, 0) is 4.79 Å². The minimum Gasteiger partial charge on any atom is -0.311 e. The van der Waals surface area contributed by atoms with Crippen molar-refractivity contribution in [3.05, 3.63) is 29.3 Å². The van der Waals surface area contributed by atoms with Crippen LogP contribution in [0.2, 0.25) is 0 Å². The van der Waals surface area contributed by atoms with Gasteiger partial charge < -0.3 is 10.2 Å². The molecule has 0 bridgehead atoms. The first-order chi connectivity index (χ1) is 7.68. The quantitative estimate of drug-likeness (QED) is 0.777. The lowest BCUT2D eigenvalue weighted by Crippen LogP contribution is -2.35. The molecule has 0 aliphatic carbocycles. The van der Waals surface area contributed by atoms with Crippen LogP contribution in [-0.4, -0.2) is 25.5 Å². The molecule has 86 valence electrons. The fourth-order valence-corrected chi connectivity index (χ4v) is 2.04. The fourth-order valence-electron chi connectivity index (χ4n) is 2.04. The van der Waals surface area contributed by atoms with Gasteiger partial charge in [0.05, 0.1) is 6.54 Å². The molecule has 1 aliphatic rings. The van der Waals surface area contributed by atoms with Gasteiger partial charge in [-0.3, -0.25) is 4.79 Å². The Morgan fingerprint density at radius 2 is 2.12 bits per heavy atom. The van der Waals surface area contributed by atoms with Crippen LogP contribution in [0, 0.1) is 13.8 Å². The lowest BCUT2D eigenvalue weighted by molar-refractivity contribution is -0.117. The maximum Gasteiger partial charge on any atom is 0.240 e. The highest BCUT2D eigenvalue weighted by Crippen LogP contribution is 2.22. The maximum atomic E-state index is 11.9. The zero-order chi connectivity index (χ0) is 11.5. The Kier molecular flexibility index (Phi) is 3.25. The van der Waals surface area contributed by atoms with Crippen LogP contribution in [0.1, 0.15) is 17.5 Å². The van der Waals surface area contributed by atoms with E-state index in [4.69, 9.17) is 0 Å². The first-order valence-electron chi connectivity index (χ1n) is 5.77. The van der Waals surface area contributed by atoms with Gasteiger partial charge in [-0.1, -0.05) is 12.1 Å². The zero-order valence-corrected chi connectivity index (χ0v) is 9.92. The van der Waals surface area contributed by atoms with E-state index in [1.165, 1.54) is 11.1 Å². The highest BCUT2D eigenvalue weighted by Gasteiger charge is 2.19. The summed E-state index contributed by atoms with van der Waals surface area (Å²) in [5.74, 6) is 0.172. The van der Waals surface area contributed by atoms with E-state index in [2.05, 4.69) is 37.4 Å². The van der Waals surface area contributed by atoms with Crippen LogP contribution in [0.25, 0.3) is 0 Å². The third-order valence-electron chi connectivity index (χ3n) is 2.97. The second-order valence-electron chi connectivity index (χ2n) is 4.37. The summed E-state index contributed by atoms with van der Waals surface area (Å²) in [4.78, 5) is 13.8. The molecule has 1 fully saturated rings. The molecule has 0 atom stereocenters. The Morgan fingerprint density at radius 1 is 1.31 bits per heavy atom. The third kappa shape index (κ3) is 2.25. The number of carbonyl (C=O) groups is 1. The molecule has 1 aliphatic heterocycles. The molecule has 2 rings (SSSR count). The topological polar surface area (TPSA) is 32.3 Å². The van der Waals surface area contributed by atoms with Crippen molar-refractivity contribution >= 4 is 11.6 Å². The van der Waals surface area contributed by atoms with Gasteiger partial charge in [-0.15, -0.1) is 0 Å². The summed E-state index contributed by atoms with van der Waals surface area (Å²) in [6.45, 7) is 6.31. The van der Waals surface area contributed by atoms with E-state index in [9.17, 15) is 4.79 Å². The van der Waals surface area contributed by atoms with Gasteiger partial charge in [0.1, 0.15) is 0 Å². The number of nitrogens with zero attached hydrogens (tertiary/aromatic N) is 1. The summed E-state index contributed by atoms with van der Waals surface area (Å²) in [5.41, 5.74) is 3.43. The number of anilines is 1. The summed E-state index contributed by atoms with van der Waals surface area (Å²) < 4.78 is 0. The number of hydrogen-bond donors (Lipinski definition) is 1. The van der Waals surface area contributed by atoms with Crippen molar-refractivity contribution in [3.8, 4) is 0 Å². The normalized spacial score (nSPS) is 17.4. The molecular formula is C13H18N2O. The van der Waals surface area contributed by atoms with Crippen LogP contribution in [0.15, 0.2) is 18.2 Å². The van der Waals surface area contributed by atoms with Gasteiger partial charge in [0.15, 0.2) is 0 Å². The summed E-state index contributed by atoms with van der Waals surface area (Å²) in [6.07, 6.45) is 1.01. The van der Waals surface area contributed by atoms with Gasteiger partial charge in [-0.2, -0.15) is 0 Å². The molecule has 1 saturated heterocycles. The predicted molar refractivity (Wildman–Crippen MR) is 65.8 cm³/mol. The van der Waals surface area contributed by atoms with Crippen LogP contribution < -0.4 is 10.2 Å². The molecular weight excluding hydrogens is 200 g/mol. The first-order valence-corrected chi connectivity index (χ1v) is 5.77. The number of carbonyl (C=O) groups excluding carboxylic acids is 1. The molecule has 1 aromatic carbocycles. The molecule has 16 heavy (non-hydrogen) atoms. The van der Waals surface area contributed by atoms with Crippen LogP contribution in [0.5, 0.6) is 0 Å². The van der Waals surface area contributed by atoms with Crippen molar-refractivity contribution in [2.24, 2.45) is 0 Å². The van der Waals surface area contributed by atoms with Crippen LogP contribution in [0.4, 0.5) is 5.69 Å². The summed E-state index contributed by atoms with van der Waals surface area (Å²) in [6, 6.07) is 6.26. The number of nitrogens with one attached hydrogen (secondary N) is 1. The number of amides is 1. The van der Waals surface area contributed by atoms with Crippen molar-refractivity contribution in [1.82, 2.24) is 5.32 Å². The molecule has 1 amide bonds. The minimum atomic E-state index is 0.172. The smallest absolute Gasteiger partial charge is 0.240 e. The molecule has 1 aromatic rings. The van der Waals surface area contributed by atoms with Crippen molar-refractivity contribution in [2.75, 3.05) is 24.5 Å². The molecule has 0 spiro atoms. The van der Waals surface area contributed by atoms with Crippen LogP contribution in [0.3, 0.4) is 0 Å². The Morgan fingerprint density at radius 3 is 2.94 bits per heavy atom. The van der Waals surface area contributed by atoms with Gasteiger partial charge in [0, 0.05) is 12.2 Å². The van der Waals surface area contributed by atoms with Gasteiger partial charge in [-0.25, -0.2) is 0 Å². The Balaban J connectivity index is 2.33. The molecule has 0 unspecified atom stereocenters. The Bertz CT molecular complexity index is 401. The highest BCUT2D eigenvalue weighted by molar-refractivity contribution is 5.95. The minimum absolute atomic E-state index is 0.172. The number of hydrogen-bond acceptors (Lipinski definition) is 2. The van der Waals surface area contributed by atoms with Gasteiger partial charge in [-0.05, 0) is 44.0 Å². The predicted octanol–water partition coefficient (Wildman–Crippen LogP) is 1.63. The molecule has 1 heterocycles. The second-order valence-corrected chi connectivity index (χ2v) is 4.37. The summed E-state index contributed by atoms with van der Waals surface area (Å²) in [7, 11) is 0. The average Bonchev–Trinajstić information content (AvgIpc) is 2.47.